The van der Waals surface area contributed by atoms with E-state index >= 15 is 0 Å². The van der Waals surface area contributed by atoms with E-state index in [1.807, 2.05) is 6.07 Å². The third kappa shape index (κ3) is 1.65. The Balaban J connectivity index is 2.75. The summed E-state index contributed by atoms with van der Waals surface area (Å²) in [5, 5.41) is 5.94. The Bertz CT molecular complexity index is 466. The molecule has 0 radical (unpaired) electrons. The molecule has 15 heavy (non-hydrogen) atoms. The number of nitrogens with zero attached hydrogens (tertiary/aromatic N) is 2. The first kappa shape index (κ1) is 10.2. The van der Waals surface area contributed by atoms with Crippen molar-refractivity contribution in [1.82, 2.24) is 9.78 Å². The average Bonchev–Trinajstić information content (AvgIpc) is 2.56. The van der Waals surface area contributed by atoms with Crippen molar-refractivity contribution in [2.24, 2.45) is 0 Å². The molecule has 0 N–H and O–H groups in total. The zero-order valence-corrected chi connectivity index (χ0v) is 9.86. The van der Waals surface area contributed by atoms with Crippen LogP contribution in [0.2, 0.25) is 0 Å². The molecule has 0 saturated carbocycles. The van der Waals surface area contributed by atoms with E-state index in [4.69, 9.17) is 0 Å². The predicted octanol–water partition coefficient (Wildman–Crippen LogP) is 3.74. The molecular weight excluding hydrogens is 184 g/mol. The fraction of sp³-hybridized carbons (Fsp3) is 0.462. The Morgan fingerprint density at radius 2 is 1.73 bits per heavy atom. The van der Waals surface area contributed by atoms with Gasteiger partial charge in [-0.3, -0.25) is 4.68 Å². The molecule has 1 aromatic carbocycles. The van der Waals surface area contributed by atoms with Gasteiger partial charge in [-0.05, 0) is 25.8 Å². The molecule has 1 aromatic heterocycles. The minimum Gasteiger partial charge on any atom is -0.266 e. The zero-order chi connectivity index (χ0) is 11.0. The SMILES string of the molecule is CC(C)c1c2ccccc2nn1C(C)C. The van der Waals surface area contributed by atoms with Crippen LogP contribution in [-0.2, 0) is 0 Å². The summed E-state index contributed by atoms with van der Waals surface area (Å²) >= 11 is 0. The van der Waals surface area contributed by atoms with E-state index in [0.717, 1.165) is 5.52 Å². The van der Waals surface area contributed by atoms with Crippen LogP contribution in [0.3, 0.4) is 0 Å². The number of hydrogen-bond donors (Lipinski definition) is 0. The Kier molecular flexibility index (Phi) is 2.51. The van der Waals surface area contributed by atoms with Crippen LogP contribution in [0.4, 0.5) is 0 Å². The van der Waals surface area contributed by atoms with E-state index in [1.54, 1.807) is 0 Å². The first-order chi connectivity index (χ1) is 7.11. The van der Waals surface area contributed by atoms with Crippen molar-refractivity contribution in [2.75, 3.05) is 0 Å². The molecule has 1 heterocycles. The maximum Gasteiger partial charge on any atom is 0.0926 e. The second-order valence-electron chi connectivity index (χ2n) is 4.60. The molecule has 0 fully saturated rings. The maximum absolute atomic E-state index is 4.65. The van der Waals surface area contributed by atoms with Crippen molar-refractivity contribution in [3.05, 3.63) is 30.0 Å². The summed E-state index contributed by atoms with van der Waals surface area (Å²) in [5.74, 6) is 0.514. The summed E-state index contributed by atoms with van der Waals surface area (Å²) in [6.45, 7) is 8.81. The standard InChI is InChI=1S/C13H18N2/c1-9(2)13-11-7-5-6-8-12(11)14-15(13)10(3)4/h5-10H,1-4H3. The molecule has 0 spiro atoms. The van der Waals surface area contributed by atoms with E-state index < -0.39 is 0 Å². The normalized spacial score (nSPS) is 11.9. The molecule has 2 aromatic rings. The minimum atomic E-state index is 0.426. The van der Waals surface area contributed by atoms with Crippen molar-refractivity contribution in [2.45, 2.75) is 39.7 Å². The highest BCUT2D eigenvalue weighted by atomic mass is 15.3. The predicted molar refractivity (Wildman–Crippen MR) is 64.2 cm³/mol. The van der Waals surface area contributed by atoms with E-state index in [0.29, 0.717) is 12.0 Å². The number of aromatic nitrogens is 2. The second-order valence-corrected chi connectivity index (χ2v) is 4.60. The highest BCUT2D eigenvalue weighted by molar-refractivity contribution is 5.82. The number of rotatable bonds is 2. The average molecular weight is 202 g/mol. The highest BCUT2D eigenvalue weighted by Gasteiger charge is 2.15. The topological polar surface area (TPSA) is 17.8 Å². The quantitative estimate of drug-likeness (QED) is 0.725. The molecule has 0 aliphatic rings. The molecule has 2 heteroatoms. The molecule has 80 valence electrons. The summed E-state index contributed by atoms with van der Waals surface area (Å²) in [6.07, 6.45) is 0. The van der Waals surface area contributed by atoms with Crippen LogP contribution in [-0.4, -0.2) is 9.78 Å². The van der Waals surface area contributed by atoms with Crippen molar-refractivity contribution >= 4 is 10.9 Å². The van der Waals surface area contributed by atoms with Gasteiger partial charge >= 0.3 is 0 Å². The first-order valence-electron chi connectivity index (χ1n) is 5.58. The van der Waals surface area contributed by atoms with Gasteiger partial charge in [0.15, 0.2) is 0 Å². The second kappa shape index (κ2) is 3.69. The van der Waals surface area contributed by atoms with Crippen molar-refractivity contribution in [3.63, 3.8) is 0 Å². The molecule has 2 nitrogen and oxygen atoms in total. The molecule has 0 aliphatic heterocycles. The Hall–Kier alpha value is -1.31. The lowest BCUT2D eigenvalue weighted by Gasteiger charge is -2.13. The van der Waals surface area contributed by atoms with Gasteiger partial charge in [0, 0.05) is 17.1 Å². The van der Waals surface area contributed by atoms with Gasteiger partial charge in [-0.15, -0.1) is 0 Å². The van der Waals surface area contributed by atoms with Gasteiger partial charge in [0.1, 0.15) is 0 Å². The summed E-state index contributed by atoms with van der Waals surface area (Å²) in [6, 6.07) is 8.80. The number of benzene rings is 1. The molecule has 0 aliphatic carbocycles. The summed E-state index contributed by atoms with van der Waals surface area (Å²) in [7, 11) is 0. The molecule has 0 saturated heterocycles. The fourth-order valence-corrected chi connectivity index (χ4v) is 2.04. The monoisotopic (exact) mass is 202 g/mol. The third-order valence-electron chi connectivity index (χ3n) is 2.68. The lowest BCUT2D eigenvalue weighted by Crippen LogP contribution is -2.08. The lowest BCUT2D eigenvalue weighted by molar-refractivity contribution is 0.503. The third-order valence-corrected chi connectivity index (χ3v) is 2.68. The molecule has 0 amide bonds. The van der Waals surface area contributed by atoms with Crippen molar-refractivity contribution in [1.29, 1.82) is 0 Å². The molecule has 2 rings (SSSR count). The van der Waals surface area contributed by atoms with Crippen molar-refractivity contribution < 1.29 is 0 Å². The van der Waals surface area contributed by atoms with Gasteiger partial charge < -0.3 is 0 Å². The number of hydrogen-bond acceptors (Lipinski definition) is 1. The summed E-state index contributed by atoms with van der Waals surface area (Å²) in [4.78, 5) is 0. The van der Waals surface area contributed by atoms with Crippen LogP contribution < -0.4 is 0 Å². The Morgan fingerprint density at radius 3 is 2.33 bits per heavy atom. The van der Waals surface area contributed by atoms with Crippen molar-refractivity contribution in [3.8, 4) is 0 Å². The van der Waals surface area contributed by atoms with Gasteiger partial charge in [0.2, 0.25) is 0 Å². The minimum absolute atomic E-state index is 0.426. The smallest absolute Gasteiger partial charge is 0.0926 e. The molecular formula is C13H18N2. The van der Waals surface area contributed by atoms with E-state index in [2.05, 4.69) is 55.7 Å². The van der Waals surface area contributed by atoms with Gasteiger partial charge in [-0.25, -0.2) is 0 Å². The van der Waals surface area contributed by atoms with Crippen LogP contribution in [0, 0.1) is 0 Å². The summed E-state index contributed by atoms with van der Waals surface area (Å²) < 4.78 is 2.15. The summed E-state index contributed by atoms with van der Waals surface area (Å²) in [5.41, 5.74) is 2.45. The van der Waals surface area contributed by atoms with Crippen LogP contribution in [0.15, 0.2) is 24.3 Å². The molecule has 0 atom stereocenters. The zero-order valence-electron chi connectivity index (χ0n) is 9.86. The first-order valence-corrected chi connectivity index (χ1v) is 5.58. The van der Waals surface area contributed by atoms with Crippen LogP contribution in [0.5, 0.6) is 0 Å². The Morgan fingerprint density at radius 1 is 1.07 bits per heavy atom. The van der Waals surface area contributed by atoms with Gasteiger partial charge in [-0.2, -0.15) is 5.10 Å². The fourth-order valence-electron chi connectivity index (χ4n) is 2.04. The van der Waals surface area contributed by atoms with Gasteiger partial charge in [0.05, 0.1) is 5.52 Å². The van der Waals surface area contributed by atoms with E-state index in [9.17, 15) is 0 Å². The van der Waals surface area contributed by atoms with Gasteiger partial charge in [0.25, 0.3) is 0 Å². The molecule has 0 bridgehead atoms. The highest BCUT2D eigenvalue weighted by Crippen LogP contribution is 2.27. The van der Waals surface area contributed by atoms with Crippen LogP contribution >= 0.6 is 0 Å². The van der Waals surface area contributed by atoms with Crippen LogP contribution in [0.1, 0.15) is 45.3 Å². The Labute approximate surface area is 90.9 Å². The van der Waals surface area contributed by atoms with Gasteiger partial charge in [-0.1, -0.05) is 32.0 Å². The number of fused-ring (bicyclic) bond motifs is 1. The largest absolute Gasteiger partial charge is 0.266 e. The van der Waals surface area contributed by atoms with E-state index in [1.165, 1.54) is 11.1 Å². The lowest BCUT2D eigenvalue weighted by atomic mass is 10.1. The maximum atomic E-state index is 4.65. The van der Waals surface area contributed by atoms with E-state index in [-0.39, 0.29) is 0 Å². The molecule has 0 unspecified atom stereocenters. The van der Waals surface area contributed by atoms with Crippen LogP contribution in [0.25, 0.3) is 10.9 Å².